The Balaban J connectivity index is 1.71. The van der Waals surface area contributed by atoms with Crippen LogP contribution in [0.2, 0.25) is 0 Å². The van der Waals surface area contributed by atoms with Crippen LogP contribution in [0.4, 0.5) is 16.8 Å². The van der Waals surface area contributed by atoms with Gasteiger partial charge in [0.05, 0.1) is 17.4 Å². The van der Waals surface area contributed by atoms with Crippen molar-refractivity contribution in [3.8, 4) is 0 Å². The molecule has 0 aliphatic heterocycles. The Bertz CT molecular complexity index is 622. The van der Waals surface area contributed by atoms with Crippen LogP contribution in [0.3, 0.4) is 0 Å². The molecular formula is C11H18N8S3. The summed E-state index contributed by atoms with van der Waals surface area (Å²) in [5.41, 5.74) is 12.4. The van der Waals surface area contributed by atoms with Crippen molar-refractivity contribution in [3.05, 3.63) is 11.1 Å². The summed E-state index contributed by atoms with van der Waals surface area (Å²) in [7, 11) is 3.52. The van der Waals surface area contributed by atoms with Crippen molar-refractivity contribution in [1.29, 1.82) is 0 Å². The van der Waals surface area contributed by atoms with Crippen LogP contribution in [-0.4, -0.2) is 46.1 Å². The number of hydrogen-bond donors (Lipinski definition) is 3. The Morgan fingerprint density at radius 2 is 2.32 bits per heavy atom. The first-order valence-electron chi connectivity index (χ1n) is 6.42. The number of thiazole rings is 1. The van der Waals surface area contributed by atoms with Crippen molar-refractivity contribution < 1.29 is 0 Å². The van der Waals surface area contributed by atoms with Crippen LogP contribution in [0, 0.1) is 0 Å². The SMILES string of the molecule is CN=C(N)N(C)c1nc(CSCCNc2nsnc2N)cs1. The van der Waals surface area contributed by atoms with Gasteiger partial charge in [0.25, 0.3) is 0 Å². The maximum Gasteiger partial charge on any atom is 0.197 e. The van der Waals surface area contributed by atoms with Crippen LogP contribution in [0.15, 0.2) is 10.4 Å². The third-order valence-electron chi connectivity index (χ3n) is 2.70. The molecular weight excluding hydrogens is 340 g/mol. The fourth-order valence-electron chi connectivity index (χ4n) is 1.50. The lowest BCUT2D eigenvalue weighted by molar-refractivity contribution is 1.13. The standard InChI is InChI=1S/C11H18N8S3/c1-14-10(13)19(2)11-16-7(6-21-11)5-20-4-3-15-9-8(12)17-22-18-9/h6H,3-5H2,1-2H3,(H2,12,17)(H2,13,14)(H,15,18). The first-order chi connectivity index (χ1) is 10.6. The van der Waals surface area contributed by atoms with Crippen LogP contribution in [0.1, 0.15) is 5.69 Å². The quantitative estimate of drug-likeness (QED) is 0.385. The van der Waals surface area contributed by atoms with E-state index in [2.05, 4.69) is 24.0 Å². The number of guanidine groups is 1. The van der Waals surface area contributed by atoms with Crippen molar-refractivity contribution in [2.24, 2.45) is 10.7 Å². The molecule has 2 aromatic heterocycles. The van der Waals surface area contributed by atoms with Crippen LogP contribution in [0.5, 0.6) is 0 Å². The minimum absolute atomic E-state index is 0.451. The second-order valence-corrected chi connectivity index (χ2v) is 6.71. The van der Waals surface area contributed by atoms with Crippen LogP contribution >= 0.6 is 34.8 Å². The molecule has 0 saturated heterocycles. The minimum Gasteiger partial charge on any atom is -0.380 e. The molecule has 0 radical (unpaired) electrons. The van der Waals surface area contributed by atoms with Gasteiger partial charge in [-0.25, -0.2) is 4.98 Å². The number of aromatic nitrogens is 3. The average molecular weight is 359 g/mol. The molecule has 2 rings (SSSR count). The van der Waals surface area contributed by atoms with Gasteiger partial charge >= 0.3 is 0 Å². The summed E-state index contributed by atoms with van der Waals surface area (Å²) >= 11 is 4.45. The molecule has 5 N–H and O–H groups in total. The molecule has 11 heteroatoms. The number of rotatable bonds is 7. The Morgan fingerprint density at radius 3 is 3.00 bits per heavy atom. The molecule has 2 aromatic rings. The number of nitrogens with two attached hydrogens (primary N) is 2. The van der Waals surface area contributed by atoms with Gasteiger partial charge in [-0.3, -0.25) is 9.89 Å². The van der Waals surface area contributed by atoms with E-state index in [1.165, 1.54) is 0 Å². The van der Waals surface area contributed by atoms with Gasteiger partial charge in [0.1, 0.15) is 0 Å². The number of aliphatic imine (C=N–C) groups is 1. The highest BCUT2D eigenvalue weighted by Crippen LogP contribution is 2.22. The maximum atomic E-state index is 5.76. The molecule has 22 heavy (non-hydrogen) atoms. The second kappa shape index (κ2) is 8.15. The largest absolute Gasteiger partial charge is 0.380 e. The van der Waals surface area contributed by atoms with Gasteiger partial charge in [0.2, 0.25) is 0 Å². The molecule has 0 fully saturated rings. The van der Waals surface area contributed by atoms with E-state index in [1.54, 1.807) is 35.0 Å². The highest BCUT2D eigenvalue weighted by Gasteiger charge is 2.09. The maximum absolute atomic E-state index is 5.76. The molecule has 0 atom stereocenters. The van der Waals surface area contributed by atoms with Gasteiger partial charge in [0.15, 0.2) is 22.7 Å². The first kappa shape index (κ1) is 16.8. The van der Waals surface area contributed by atoms with E-state index in [0.717, 1.165) is 40.6 Å². The predicted octanol–water partition coefficient (Wildman–Crippen LogP) is 1.30. The van der Waals surface area contributed by atoms with E-state index in [4.69, 9.17) is 11.5 Å². The summed E-state index contributed by atoms with van der Waals surface area (Å²) in [6.07, 6.45) is 0. The topological polar surface area (TPSA) is 118 Å². The van der Waals surface area contributed by atoms with Gasteiger partial charge in [-0.15, -0.1) is 11.3 Å². The Morgan fingerprint density at radius 1 is 1.50 bits per heavy atom. The van der Waals surface area contributed by atoms with Crippen molar-refractivity contribution >= 4 is 57.6 Å². The third kappa shape index (κ3) is 4.45. The molecule has 0 saturated carbocycles. The number of hydrogen-bond acceptors (Lipinski definition) is 9. The lowest BCUT2D eigenvalue weighted by atomic mass is 10.6. The molecule has 0 aliphatic rings. The molecule has 120 valence electrons. The number of nitrogens with zero attached hydrogens (tertiary/aromatic N) is 5. The Kier molecular flexibility index (Phi) is 6.21. The molecule has 0 amide bonds. The van der Waals surface area contributed by atoms with Gasteiger partial charge in [0, 0.05) is 37.5 Å². The zero-order chi connectivity index (χ0) is 15.9. The van der Waals surface area contributed by atoms with Crippen molar-refractivity contribution in [2.45, 2.75) is 5.75 Å². The van der Waals surface area contributed by atoms with E-state index in [1.807, 2.05) is 12.4 Å². The summed E-state index contributed by atoms with van der Waals surface area (Å²) in [5, 5.41) is 6.04. The molecule has 8 nitrogen and oxygen atoms in total. The molecule has 0 unspecified atom stereocenters. The van der Waals surface area contributed by atoms with E-state index in [-0.39, 0.29) is 0 Å². The van der Waals surface area contributed by atoms with Gasteiger partial charge in [-0.2, -0.15) is 20.5 Å². The summed E-state index contributed by atoms with van der Waals surface area (Å²) in [5.74, 6) is 3.35. The van der Waals surface area contributed by atoms with E-state index in [0.29, 0.717) is 17.6 Å². The van der Waals surface area contributed by atoms with E-state index in [9.17, 15) is 0 Å². The molecule has 0 bridgehead atoms. The summed E-state index contributed by atoms with van der Waals surface area (Å²) < 4.78 is 7.97. The fourth-order valence-corrected chi connectivity index (χ4v) is 3.61. The second-order valence-electron chi connectivity index (χ2n) is 4.24. The van der Waals surface area contributed by atoms with Crippen LogP contribution in [0.25, 0.3) is 0 Å². The number of nitrogens with one attached hydrogen (secondary N) is 1. The average Bonchev–Trinajstić information content (AvgIpc) is 3.15. The van der Waals surface area contributed by atoms with Crippen molar-refractivity contribution in [1.82, 2.24) is 13.7 Å². The summed E-state index contributed by atoms with van der Waals surface area (Å²) in [6, 6.07) is 0. The Hall–Kier alpha value is -1.59. The zero-order valence-electron chi connectivity index (χ0n) is 12.3. The molecule has 2 heterocycles. The van der Waals surface area contributed by atoms with Gasteiger partial charge in [-0.1, -0.05) is 0 Å². The van der Waals surface area contributed by atoms with Crippen molar-refractivity contribution in [3.63, 3.8) is 0 Å². The molecule has 0 aliphatic carbocycles. The minimum atomic E-state index is 0.451. The van der Waals surface area contributed by atoms with Crippen LogP contribution in [-0.2, 0) is 5.75 Å². The molecule has 0 aromatic carbocycles. The third-order valence-corrected chi connectivity index (χ3v) is 5.20. The first-order valence-corrected chi connectivity index (χ1v) is 9.18. The van der Waals surface area contributed by atoms with E-state index >= 15 is 0 Å². The lowest BCUT2D eigenvalue weighted by Crippen LogP contribution is -2.33. The van der Waals surface area contributed by atoms with Crippen LogP contribution < -0.4 is 21.7 Å². The normalized spacial score (nSPS) is 11.6. The highest BCUT2D eigenvalue weighted by molar-refractivity contribution is 7.98. The fraction of sp³-hybridized carbons (Fsp3) is 0.455. The summed E-state index contributed by atoms with van der Waals surface area (Å²) in [4.78, 5) is 10.3. The number of nitrogen functional groups attached to an aromatic ring is 1. The lowest BCUT2D eigenvalue weighted by Gasteiger charge is -2.13. The predicted molar refractivity (Wildman–Crippen MR) is 97.0 cm³/mol. The van der Waals surface area contributed by atoms with Gasteiger partial charge < -0.3 is 16.8 Å². The highest BCUT2D eigenvalue weighted by atomic mass is 32.2. The zero-order valence-corrected chi connectivity index (χ0v) is 14.8. The van der Waals surface area contributed by atoms with Crippen molar-refractivity contribution in [2.75, 3.05) is 42.3 Å². The number of anilines is 3. The van der Waals surface area contributed by atoms with E-state index < -0.39 is 0 Å². The van der Waals surface area contributed by atoms with Gasteiger partial charge in [-0.05, 0) is 0 Å². The number of thioether (sulfide) groups is 1. The molecule has 0 spiro atoms. The summed E-state index contributed by atoms with van der Waals surface area (Å²) in [6.45, 7) is 0.784. The Labute approximate surface area is 141 Å². The monoisotopic (exact) mass is 358 g/mol. The smallest absolute Gasteiger partial charge is 0.197 e.